The lowest BCUT2D eigenvalue weighted by Crippen LogP contribution is -2.23. The lowest BCUT2D eigenvalue weighted by molar-refractivity contribution is 0.642. The Hall–Kier alpha value is -0.303. The van der Waals surface area contributed by atoms with Crippen LogP contribution in [0.4, 0.5) is 0 Å². The number of allylic oxidation sites excluding steroid dienone is 4. The number of hydrogen-bond acceptors (Lipinski definition) is 0. The Labute approximate surface area is 89.1 Å². The van der Waals surface area contributed by atoms with Gasteiger partial charge in [0.1, 0.15) is 0 Å². The van der Waals surface area contributed by atoms with Crippen LogP contribution in [0.25, 0.3) is 0 Å². The summed E-state index contributed by atoms with van der Waals surface area (Å²) in [6.07, 6.45) is 10.5. The van der Waals surface area contributed by atoms with E-state index in [1.54, 1.807) is 11.1 Å². The number of hydrogen-bond donors (Lipinski definition) is 0. The summed E-state index contributed by atoms with van der Waals surface area (Å²) in [7, 11) is -0.884. The van der Waals surface area contributed by atoms with E-state index in [2.05, 4.69) is 31.8 Å². The Kier molecular flexibility index (Phi) is 2.69. The van der Waals surface area contributed by atoms with Crippen molar-refractivity contribution in [1.29, 1.82) is 0 Å². The molecule has 14 heavy (non-hydrogen) atoms. The molecule has 0 heterocycles. The molecule has 78 valence electrons. The molecule has 0 spiro atoms. The van der Waals surface area contributed by atoms with Gasteiger partial charge in [-0.3, -0.25) is 0 Å². The molecular weight excluding hydrogens is 184 g/mol. The molecule has 2 aliphatic carbocycles. The minimum atomic E-state index is -0.884. The first-order chi connectivity index (χ1) is 6.56. The molecular formula is C13H22Si. The predicted molar refractivity (Wildman–Crippen MR) is 66.3 cm³/mol. The molecule has 0 N–H and O–H groups in total. The average molecular weight is 206 g/mol. The fourth-order valence-electron chi connectivity index (χ4n) is 2.77. The highest BCUT2D eigenvalue weighted by atomic mass is 28.3. The number of rotatable bonds is 2. The van der Waals surface area contributed by atoms with E-state index >= 15 is 0 Å². The molecule has 0 radical (unpaired) electrons. The summed E-state index contributed by atoms with van der Waals surface area (Å²) in [5.74, 6) is 0.831. The smallest absolute Gasteiger partial charge is 0.0451 e. The highest BCUT2D eigenvalue weighted by molar-refractivity contribution is 6.76. The lowest BCUT2D eigenvalue weighted by Gasteiger charge is -2.25. The van der Waals surface area contributed by atoms with Gasteiger partial charge in [-0.15, -0.1) is 0 Å². The lowest BCUT2D eigenvalue weighted by atomic mass is 9.89. The summed E-state index contributed by atoms with van der Waals surface area (Å²) in [6.45, 7) is 7.46. The predicted octanol–water partition coefficient (Wildman–Crippen LogP) is 4.38. The molecule has 0 fully saturated rings. The Morgan fingerprint density at radius 1 is 1.21 bits per heavy atom. The van der Waals surface area contributed by atoms with Crippen molar-refractivity contribution in [2.75, 3.05) is 0 Å². The van der Waals surface area contributed by atoms with Gasteiger partial charge in [-0.25, -0.2) is 0 Å². The Balaban J connectivity index is 2.09. The molecule has 0 aliphatic heterocycles. The van der Waals surface area contributed by atoms with E-state index in [9.17, 15) is 0 Å². The molecule has 0 saturated heterocycles. The van der Waals surface area contributed by atoms with Crippen LogP contribution in [-0.2, 0) is 0 Å². The highest BCUT2D eigenvalue weighted by Gasteiger charge is 2.27. The van der Waals surface area contributed by atoms with Gasteiger partial charge in [-0.1, -0.05) is 37.4 Å². The van der Waals surface area contributed by atoms with E-state index in [0.29, 0.717) is 0 Å². The maximum absolute atomic E-state index is 2.49. The van der Waals surface area contributed by atoms with Gasteiger partial charge in [0, 0.05) is 8.07 Å². The average Bonchev–Trinajstić information content (AvgIpc) is 2.47. The van der Waals surface area contributed by atoms with Crippen LogP contribution < -0.4 is 0 Å². The zero-order valence-electron chi connectivity index (χ0n) is 9.77. The maximum atomic E-state index is 2.49. The van der Waals surface area contributed by atoms with Gasteiger partial charge >= 0.3 is 0 Å². The third-order valence-electron chi connectivity index (χ3n) is 3.36. The highest BCUT2D eigenvalue weighted by Crippen LogP contribution is 2.39. The molecule has 1 heteroatoms. The summed E-state index contributed by atoms with van der Waals surface area (Å²) in [5.41, 5.74) is 3.50. The van der Waals surface area contributed by atoms with Crippen molar-refractivity contribution in [2.24, 2.45) is 5.92 Å². The monoisotopic (exact) mass is 206 g/mol. The summed E-state index contributed by atoms with van der Waals surface area (Å²) in [4.78, 5) is 0. The molecule has 0 amide bonds. The second kappa shape index (κ2) is 3.69. The van der Waals surface area contributed by atoms with E-state index in [0.717, 1.165) is 5.92 Å². The third-order valence-corrected chi connectivity index (χ3v) is 5.03. The van der Waals surface area contributed by atoms with Crippen molar-refractivity contribution < 1.29 is 0 Å². The van der Waals surface area contributed by atoms with Crippen molar-refractivity contribution in [3.63, 3.8) is 0 Å². The first-order valence-corrected chi connectivity index (χ1v) is 9.67. The van der Waals surface area contributed by atoms with E-state index in [-0.39, 0.29) is 0 Å². The maximum Gasteiger partial charge on any atom is 0.0451 e. The second-order valence-corrected chi connectivity index (χ2v) is 11.5. The van der Waals surface area contributed by atoms with Gasteiger partial charge in [0.25, 0.3) is 0 Å². The molecule has 1 unspecified atom stereocenters. The van der Waals surface area contributed by atoms with Crippen LogP contribution in [0.3, 0.4) is 0 Å². The quantitative estimate of drug-likeness (QED) is 0.588. The zero-order chi connectivity index (χ0) is 10.2. The van der Waals surface area contributed by atoms with Gasteiger partial charge in [0.05, 0.1) is 0 Å². The zero-order valence-corrected chi connectivity index (χ0v) is 10.8. The van der Waals surface area contributed by atoms with Crippen molar-refractivity contribution in [3.8, 4) is 0 Å². The Bertz CT molecular complexity index is 278. The van der Waals surface area contributed by atoms with Crippen molar-refractivity contribution in [3.05, 3.63) is 23.3 Å². The van der Waals surface area contributed by atoms with Crippen LogP contribution in [0.1, 0.15) is 25.7 Å². The van der Waals surface area contributed by atoms with Gasteiger partial charge in [0.2, 0.25) is 0 Å². The van der Waals surface area contributed by atoms with Gasteiger partial charge in [0.15, 0.2) is 0 Å². The minimum Gasteiger partial charge on any atom is -0.0773 e. The van der Waals surface area contributed by atoms with Crippen LogP contribution in [0, 0.1) is 5.92 Å². The molecule has 0 bridgehead atoms. The van der Waals surface area contributed by atoms with Crippen LogP contribution >= 0.6 is 0 Å². The minimum absolute atomic E-state index is 0.831. The molecule has 2 rings (SSSR count). The Morgan fingerprint density at radius 2 is 1.93 bits per heavy atom. The van der Waals surface area contributed by atoms with Gasteiger partial charge in [-0.2, -0.15) is 0 Å². The summed E-state index contributed by atoms with van der Waals surface area (Å²) < 4.78 is 0. The van der Waals surface area contributed by atoms with Crippen LogP contribution in [-0.4, -0.2) is 8.07 Å². The molecule has 2 aliphatic rings. The molecule has 0 nitrogen and oxygen atoms in total. The Morgan fingerprint density at radius 3 is 2.64 bits per heavy atom. The van der Waals surface area contributed by atoms with Crippen molar-refractivity contribution in [1.82, 2.24) is 0 Å². The topological polar surface area (TPSA) is 0 Å². The van der Waals surface area contributed by atoms with Crippen LogP contribution in [0.2, 0.25) is 25.7 Å². The summed E-state index contributed by atoms with van der Waals surface area (Å²) >= 11 is 0. The van der Waals surface area contributed by atoms with E-state index in [4.69, 9.17) is 0 Å². The molecule has 1 atom stereocenters. The van der Waals surface area contributed by atoms with Gasteiger partial charge < -0.3 is 0 Å². The van der Waals surface area contributed by atoms with Crippen molar-refractivity contribution in [2.45, 2.75) is 51.4 Å². The first-order valence-electron chi connectivity index (χ1n) is 5.96. The first kappa shape index (κ1) is 10.2. The summed E-state index contributed by atoms with van der Waals surface area (Å²) in [5, 5.41) is 0. The standard InChI is InChI=1S/C13H22Si/c1-14(2,3)10-12-9-8-11-6-4-5-7-13(11)12/h8-9,12H,4-7,10H2,1-3H3. The van der Waals surface area contributed by atoms with E-state index in [1.807, 2.05) is 0 Å². The van der Waals surface area contributed by atoms with Crippen LogP contribution in [0.15, 0.2) is 23.3 Å². The third kappa shape index (κ3) is 2.19. The molecule has 0 aromatic heterocycles. The molecule has 0 aromatic carbocycles. The second-order valence-electron chi connectivity index (χ2n) is 5.99. The fourth-order valence-corrected chi connectivity index (χ4v) is 4.47. The van der Waals surface area contributed by atoms with E-state index < -0.39 is 8.07 Å². The molecule has 0 saturated carbocycles. The van der Waals surface area contributed by atoms with Gasteiger partial charge in [-0.05, 0) is 43.2 Å². The fraction of sp³-hybridized carbons (Fsp3) is 0.692. The van der Waals surface area contributed by atoms with E-state index in [1.165, 1.54) is 31.7 Å². The molecule has 0 aromatic rings. The SMILES string of the molecule is C[Si](C)(C)CC1C=CC2=C1CCCC2. The summed E-state index contributed by atoms with van der Waals surface area (Å²) in [6, 6.07) is 1.46. The normalized spacial score (nSPS) is 26.9. The van der Waals surface area contributed by atoms with Crippen molar-refractivity contribution >= 4 is 8.07 Å². The largest absolute Gasteiger partial charge is 0.0773 e. The van der Waals surface area contributed by atoms with Crippen LogP contribution in [0.5, 0.6) is 0 Å².